The van der Waals surface area contributed by atoms with Gasteiger partial charge < -0.3 is 9.47 Å². The quantitative estimate of drug-likeness (QED) is 0.331. The van der Waals surface area contributed by atoms with Crippen LogP contribution in [-0.2, 0) is 4.74 Å². The molecule has 0 aliphatic rings. The summed E-state index contributed by atoms with van der Waals surface area (Å²) in [6, 6.07) is 3.18. The zero-order chi connectivity index (χ0) is 13.5. The van der Waals surface area contributed by atoms with Crippen molar-refractivity contribution in [3.05, 3.63) is 32.3 Å². The van der Waals surface area contributed by atoms with E-state index in [4.69, 9.17) is 21.1 Å². The summed E-state index contributed by atoms with van der Waals surface area (Å²) in [6.45, 7) is 2.79. The second-order valence-electron chi connectivity index (χ2n) is 3.48. The van der Waals surface area contributed by atoms with E-state index in [1.165, 1.54) is 6.07 Å². The van der Waals surface area contributed by atoms with Gasteiger partial charge in [-0.05, 0) is 18.6 Å². The number of ether oxygens (including phenoxy) is 2. The number of benzene rings is 1. The zero-order valence-corrected chi connectivity index (χ0v) is 12.2. The Morgan fingerprint density at radius 3 is 2.72 bits per heavy atom. The van der Waals surface area contributed by atoms with Gasteiger partial charge in [-0.2, -0.15) is 0 Å². The van der Waals surface area contributed by atoms with Crippen molar-refractivity contribution in [2.45, 2.75) is 6.92 Å². The zero-order valence-electron chi connectivity index (χ0n) is 9.82. The minimum absolute atomic E-state index is 0.0563. The third-order valence-electron chi connectivity index (χ3n) is 2.11. The van der Waals surface area contributed by atoms with Gasteiger partial charge >= 0.3 is 5.69 Å². The first-order valence-corrected chi connectivity index (χ1v) is 6.60. The van der Waals surface area contributed by atoms with Crippen LogP contribution in [0.5, 0.6) is 5.75 Å². The summed E-state index contributed by atoms with van der Waals surface area (Å²) < 4.78 is 11.2. The fourth-order valence-corrected chi connectivity index (χ4v) is 2.06. The summed E-state index contributed by atoms with van der Waals surface area (Å²) in [5.41, 5.74) is 0.646. The SMILES string of the molecule is Cc1cc(Br)cc([N+](=O)[O-])c1OCCOCCCl. The molecular formula is C11H13BrClNO4. The van der Waals surface area contributed by atoms with Crippen LogP contribution in [0, 0.1) is 17.0 Å². The lowest BCUT2D eigenvalue weighted by molar-refractivity contribution is -0.386. The Kier molecular flexibility index (Phi) is 6.38. The summed E-state index contributed by atoms with van der Waals surface area (Å²) in [4.78, 5) is 10.5. The van der Waals surface area contributed by atoms with Crippen LogP contribution in [0.25, 0.3) is 0 Å². The second-order valence-corrected chi connectivity index (χ2v) is 4.77. The van der Waals surface area contributed by atoms with Crippen molar-refractivity contribution in [1.29, 1.82) is 0 Å². The molecule has 0 radical (unpaired) electrons. The molecule has 0 unspecified atom stereocenters. The van der Waals surface area contributed by atoms with Gasteiger partial charge in [0.15, 0.2) is 5.75 Å². The highest BCUT2D eigenvalue weighted by Crippen LogP contribution is 2.33. The van der Waals surface area contributed by atoms with E-state index in [9.17, 15) is 10.1 Å². The van der Waals surface area contributed by atoms with Gasteiger partial charge in [0, 0.05) is 16.4 Å². The Morgan fingerprint density at radius 1 is 1.39 bits per heavy atom. The van der Waals surface area contributed by atoms with Gasteiger partial charge in [-0.15, -0.1) is 11.6 Å². The Balaban J connectivity index is 2.71. The van der Waals surface area contributed by atoms with Gasteiger partial charge in [0.05, 0.1) is 18.1 Å². The molecule has 1 aromatic carbocycles. The molecule has 0 N–H and O–H groups in total. The van der Waals surface area contributed by atoms with Crippen LogP contribution in [0.1, 0.15) is 5.56 Å². The van der Waals surface area contributed by atoms with E-state index >= 15 is 0 Å². The highest BCUT2D eigenvalue weighted by atomic mass is 79.9. The number of alkyl halides is 1. The minimum Gasteiger partial charge on any atom is -0.484 e. The van der Waals surface area contributed by atoms with E-state index < -0.39 is 4.92 Å². The van der Waals surface area contributed by atoms with Gasteiger partial charge in [-0.25, -0.2) is 0 Å². The summed E-state index contributed by atoms with van der Waals surface area (Å²) in [5, 5.41) is 10.9. The summed E-state index contributed by atoms with van der Waals surface area (Å²) in [5.74, 6) is 0.690. The van der Waals surface area contributed by atoms with E-state index in [0.717, 1.165) is 0 Å². The molecule has 0 aliphatic carbocycles. The fraction of sp³-hybridized carbons (Fsp3) is 0.455. The van der Waals surface area contributed by atoms with Crippen LogP contribution < -0.4 is 4.74 Å². The molecule has 7 heteroatoms. The Bertz CT molecular complexity index is 428. The Morgan fingerprint density at radius 2 is 2.11 bits per heavy atom. The Labute approximate surface area is 118 Å². The van der Waals surface area contributed by atoms with Crippen LogP contribution in [-0.4, -0.2) is 30.6 Å². The maximum atomic E-state index is 10.9. The number of hydrogen-bond donors (Lipinski definition) is 0. The lowest BCUT2D eigenvalue weighted by atomic mass is 10.2. The molecular weight excluding hydrogens is 325 g/mol. The smallest absolute Gasteiger partial charge is 0.312 e. The molecule has 0 saturated carbocycles. The number of hydrogen-bond acceptors (Lipinski definition) is 4. The van der Waals surface area contributed by atoms with Crippen molar-refractivity contribution in [2.75, 3.05) is 25.7 Å². The summed E-state index contributed by atoms with van der Waals surface area (Å²) in [7, 11) is 0. The van der Waals surface area contributed by atoms with E-state index in [0.29, 0.717) is 29.1 Å². The van der Waals surface area contributed by atoms with Gasteiger partial charge in [0.2, 0.25) is 0 Å². The van der Waals surface area contributed by atoms with Crippen molar-refractivity contribution in [1.82, 2.24) is 0 Å². The van der Waals surface area contributed by atoms with Crippen LogP contribution in [0.4, 0.5) is 5.69 Å². The van der Waals surface area contributed by atoms with Crippen molar-refractivity contribution >= 4 is 33.2 Å². The maximum Gasteiger partial charge on any atom is 0.312 e. The van der Waals surface area contributed by atoms with Gasteiger partial charge in [0.1, 0.15) is 6.61 Å². The lowest BCUT2D eigenvalue weighted by Gasteiger charge is -2.10. The third kappa shape index (κ3) is 4.44. The van der Waals surface area contributed by atoms with Crippen molar-refractivity contribution in [3.63, 3.8) is 0 Å². The van der Waals surface area contributed by atoms with Gasteiger partial charge in [-0.1, -0.05) is 15.9 Å². The van der Waals surface area contributed by atoms with Crippen LogP contribution >= 0.6 is 27.5 Å². The van der Waals surface area contributed by atoms with Crippen molar-refractivity contribution in [2.24, 2.45) is 0 Å². The second kappa shape index (κ2) is 7.56. The molecule has 1 rings (SSSR count). The molecule has 0 fully saturated rings. The normalized spacial score (nSPS) is 10.4. The monoisotopic (exact) mass is 337 g/mol. The molecule has 1 aromatic rings. The first-order valence-electron chi connectivity index (χ1n) is 5.27. The molecule has 5 nitrogen and oxygen atoms in total. The van der Waals surface area contributed by atoms with Crippen molar-refractivity contribution in [3.8, 4) is 5.75 Å². The highest BCUT2D eigenvalue weighted by Gasteiger charge is 2.18. The molecule has 0 atom stereocenters. The number of nitrogens with zero attached hydrogens (tertiary/aromatic N) is 1. The molecule has 0 spiro atoms. The fourth-order valence-electron chi connectivity index (χ4n) is 1.39. The molecule has 18 heavy (non-hydrogen) atoms. The average Bonchev–Trinajstić information content (AvgIpc) is 2.30. The number of aryl methyl sites for hydroxylation is 1. The number of nitro groups is 1. The van der Waals surface area contributed by atoms with E-state index in [1.54, 1.807) is 13.0 Å². The van der Waals surface area contributed by atoms with Gasteiger partial charge in [-0.3, -0.25) is 10.1 Å². The Hall–Kier alpha value is -0.850. The largest absolute Gasteiger partial charge is 0.484 e. The topological polar surface area (TPSA) is 61.6 Å². The molecule has 0 bridgehead atoms. The van der Waals surface area contributed by atoms with E-state index in [2.05, 4.69) is 15.9 Å². The van der Waals surface area contributed by atoms with E-state index in [-0.39, 0.29) is 18.0 Å². The predicted molar refractivity (Wildman–Crippen MR) is 72.6 cm³/mol. The molecule has 0 saturated heterocycles. The molecule has 100 valence electrons. The first-order chi connectivity index (χ1) is 8.56. The summed E-state index contributed by atoms with van der Waals surface area (Å²) >= 11 is 8.67. The van der Waals surface area contributed by atoms with Crippen molar-refractivity contribution < 1.29 is 14.4 Å². The van der Waals surface area contributed by atoms with Crippen LogP contribution in [0.2, 0.25) is 0 Å². The maximum absolute atomic E-state index is 10.9. The van der Waals surface area contributed by atoms with Crippen LogP contribution in [0.3, 0.4) is 0 Å². The molecule has 0 aromatic heterocycles. The van der Waals surface area contributed by atoms with Crippen LogP contribution in [0.15, 0.2) is 16.6 Å². The first kappa shape index (κ1) is 15.2. The molecule has 0 heterocycles. The molecule has 0 amide bonds. The van der Waals surface area contributed by atoms with Gasteiger partial charge in [0.25, 0.3) is 0 Å². The lowest BCUT2D eigenvalue weighted by Crippen LogP contribution is -2.09. The minimum atomic E-state index is -0.466. The third-order valence-corrected chi connectivity index (χ3v) is 2.72. The number of nitro benzene ring substituents is 1. The van der Waals surface area contributed by atoms with E-state index in [1.807, 2.05) is 0 Å². The summed E-state index contributed by atoms with van der Waals surface area (Å²) in [6.07, 6.45) is 0. The molecule has 0 aliphatic heterocycles. The highest BCUT2D eigenvalue weighted by molar-refractivity contribution is 9.10. The average molecular weight is 339 g/mol. The predicted octanol–water partition coefficient (Wildman–Crippen LogP) is 3.30. The number of halogens is 2. The standard InChI is InChI=1S/C11H13BrClNO4/c1-8-6-9(12)7-10(14(15)16)11(8)18-5-4-17-3-2-13/h6-7H,2-5H2,1H3. The number of rotatable bonds is 7.